The van der Waals surface area contributed by atoms with Crippen LogP contribution in [0.3, 0.4) is 0 Å². The summed E-state index contributed by atoms with van der Waals surface area (Å²) >= 11 is 0. The number of nitrogens with zero attached hydrogens (tertiary/aromatic N) is 2. The predicted octanol–water partition coefficient (Wildman–Crippen LogP) is 1.17. The summed E-state index contributed by atoms with van der Waals surface area (Å²) in [6, 6.07) is 0.0548. The Balaban J connectivity index is 1.69. The van der Waals surface area contributed by atoms with Crippen molar-refractivity contribution in [1.82, 2.24) is 9.97 Å². The van der Waals surface area contributed by atoms with Crippen LogP contribution in [0.4, 0.5) is 14.6 Å². The maximum absolute atomic E-state index is 14.3. The molecule has 3 N–H and O–H groups in total. The van der Waals surface area contributed by atoms with Crippen LogP contribution in [-0.2, 0) is 24.9 Å². The molecule has 0 bridgehead atoms. The molecule has 0 aromatic carbocycles. The van der Waals surface area contributed by atoms with Crippen molar-refractivity contribution < 1.29 is 27.7 Å². The number of halogens is 2. The van der Waals surface area contributed by atoms with Gasteiger partial charge in [-0.3, -0.25) is 4.98 Å². The molecule has 1 aliphatic heterocycles. The average Bonchev–Trinajstić information content (AvgIpc) is 2.68. The molecule has 1 atom stereocenters. The number of hydrogen-bond acceptors (Lipinski definition) is 8. The van der Waals surface area contributed by atoms with Gasteiger partial charge in [-0.05, 0) is 12.8 Å². The van der Waals surface area contributed by atoms with Gasteiger partial charge in [-0.25, -0.2) is 4.98 Å². The Morgan fingerprint density at radius 3 is 2.59 bits per heavy atom. The fourth-order valence-corrected chi connectivity index (χ4v) is 2.47. The lowest BCUT2D eigenvalue weighted by molar-refractivity contribution is -0.0947. The minimum atomic E-state index is -3.24. The van der Waals surface area contributed by atoms with Crippen LogP contribution in [0.2, 0.25) is 0 Å². The van der Waals surface area contributed by atoms with Gasteiger partial charge in [-0.2, -0.15) is 8.78 Å². The van der Waals surface area contributed by atoms with Gasteiger partial charge in [0.05, 0.1) is 58.1 Å². The van der Waals surface area contributed by atoms with Gasteiger partial charge in [-0.1, -0.05) is 0 Å². The fraction of sp³-hybridized carbons (Fsp3) is 0.765. The van der Waals surface area contributed by atoms with E-state index in [2.05, 4.69) is 15.3 Å². The second kappa shape index (κ2) is 12.1. The van der Waals surface area contributed by atoms with Gasteiger partial charge < -0.3 is 30.0 Å². The highest BCUT2D eigenvalue weighted by Gasteiger charge is 2.34. The topological polar surface area (TPSA) is 101 Å². The lowest BCUT2D eigenvalue weighted by atomic mass is 10.1. The van der Waals surface area contributed by atoms with Crippen LogP contribution >= 0.6 is 0 Å². The van der Waals surface area contributed by atoms with E-state index in [1.54, 1.807) is 0 Å². The van der Waals surface area contributed by atoms with Gasteiger partial charge in [0.2, 0.25) is 0 Å². The largest absolute Gasteiger partial charge is 0.379 e. The molecule has 0 amide bonds. The van der Waals surface area contributed by atoms with E-state index in [1.807, 2.05) is 0 Å². The zero-order valence-electron chi connectivity index (χ0n) is 15.4. The summed E-state index contributed by atoms with van der Waals surface area (Å²) in [6.07, 6.45) is 4.31. The number of nitrogens with two attached hydrogens (primary N) is 1. The molecule has 1 saturated heterocycles. The van der Waals surface area contributed by atoms with Crippen LogP contribution in [0.1, 0.15) is 18.5 Å². The SMILES string of the molecule is NCCOCCOCCOCC(F)(F)c1cncc(NC2CCCOC2)n1. The zero-order chi connectivity index (χ0) is 19.4. The quantitative estimate of drug-likeness (QED) is 0.484. The number of ether oxygens (including phenoxy) is 4. The first-order valence-corrected chi connectivity index (χ1v) is 9.10. The van der Waals surface area contributed by atoms with Gasteiger partial charge in [0.15, 0.2) is 0 Å². The molecule has 1 fully saturated rings. The monoisotopic (exact) mass is 390 g/mol. The molecule has 1 aliphatic rings. The summed E-state index contributed by atoms with van der Waals surface area (Å²) in [6.45, 7) is 2.42. The van der Waals surface area contributed by atoms with Crippen molar-refractivity contribution >= 4 is 5.82 Å². The second-order valence-corrected chi connectivity index (χ2v) is 6.12. The number of nitrogens with one attached hydrogen (secondary N) is 1. The van der Waals surface area contributed by atoms with Crippen molar-refractivity contribution in [2.45, 2.75) is 24.8 Å². The Kier molecular flexibility index (Phi) is 9.78. The fourth-order valence-electron chi connectivity index (χ4n) is 2.47. The first-order valence-electron chi connectivity index (χ1n) is 9.10. The maximum Gasteiger partial charge on any atom is 0.314 e. The van der Waals surface area contributed by atoms with Crippen molar-refractivity contribution in [3.63, 3.8) is 0 Å². The molecular formula is C17H28F2N4O4. The predicted molar refractivity (Wildman–Crippen MR) is 94.9 cm³/mol. The van der Waals surface area contributed by atoms with E-state index >= 15 is 0 Å². The number of rotatable bonds is 13. The van der Waals surface area contributed by atoms with Crippen molar-refractivity contribution in [2.75, 3.05) is 64.7 Å². The van der Waals surface area contributed by atoms with Crippen LogP contribution in [0.15, 0.2) is 12.4 Å². The highest BCUT2D eigenvalue weighted by atomic mass is 19.3. The first kappa shape index (κ1) is 21.8. The van der Waals surface area contributed by atoms with E-state index in [0.717, 1.165) is 25.6 Å². The average molecular weight is 390 g/mol. The van der Waals surface area contributed by atoms with Crippen molar-refractivity contribution in [1.29, 1.82) is 0 Å². The van der Waals surface area contributed by atoms with Gasteiger partial charge in [-0.15, -0.1) is 0 Å². The highest BCUT2D eigenvalue weighted by molar-refractivity contribution is 5.34. The minimum absolute atomic E-state index is 0.0528. The summed E-state index contributed by atoms with van der Waals surface area (Å²) in [5.74, 6) is -2.93. The Bertz CT molecular complexity index is 533. The molecule has 10 heteroatoms. The van der Waals surface area contributed by atoms with E-state index in [0.29, 0.717) is 38.8 Å². The third kappa shape index (κ3) is 8.39. The number of alkyl halides is 2. The first-order chi connectivity index (χ1) is 13.1. The standard InChI is InChI=1S/C17H28F2N4O4/c18-17(19,13-27-9-8-25-7-6-24-5-3-20)15-10-21-11-16(23-15)22-14-2-1-4-26-12-14/h10-11,14H,1-9,12-13,20H2,(H,22,23). The molecule has 1 aromatic rings. The number of aromatic nitrogens is 2. The maximum atomic E-state index is 14.3. The molecule has 0 radical (unpaired) electrons. The summed E-state index contributed by atoms with van der Waals surface area (Å²) in [7, 11) is 0. The smallest absolute Gasteiger partial charge is 0.314 e. The molecular weight excluding hydrogens is 362 g/mol. The van der Waals surface area contributed by atoms with Crippen LogP contribution in [-0.4, -0.2) is 75.4 Å². The van der Waals surface area contributed by atoms with Gasteiger partial charge in [0, 0.05) is 13.2 Å². The van der Waals surface area contributed by atoms with E-state index in [9.17, 15) is 8.78 Å². The lowest BCUT2D eigenvalue weighted by Crippen LogP contribution is -2.31. The molecule has 154 valence electrons. The van der Waals surface area contributed by atoms with E-state index in [1.165, 1.54) is 6.20 Å². The molecule has 1 unspecified atom stereocenters. The Morgan fingerprint density at radius 2 is 1.89 bits per heavy atom. The van der Waals surface area contributed by atoms with E-state index < -0.39 is 18.2 Å². The Labute approximate surface area is 157 Å². The van der Waals surface area contributed by atoms with Gasteiger partial charge in [0.25, 0.3) is 0 Å². The second-order valence-electron chi connectivity index (χ2n) is 6.12. The summed E-state index contributed by atoms with van der Waals surface area (Å²) < 4.78 is 49.3. The zero-order valence-corrected chi connectivity index (χ0v) is 15.4. The summed E-state index contributed by atoms with van der Waals surface area (Å²) in [5, 5.41) is 3.09. The Hall–Kier alpha value is -1.46. The summed E-state index contributed by atoms with van der Waals surface area (Å²) in [4.78, 5) is 7.84. The van der Waals surface area contributed by atoms with Crippen LogP contribution < -0.4 is 11.1 Å². The number of anilines is 1. The highest BCUT2D eigenvalue weighted by Crippen LogP contribution is 2.27. The normalized spacial score (nSPS) is 17.8. The summed E-state index contributed by atoms with van der Waals surface area (Å²) in [5.41, 5.74) is 4.85. The van der Waals surface area contributed by atoms with E-state index in [-0.39, 0.29) is 19.3 Å². The van der Waals surface area contributed by atoms with Crippen LogP contribution in [0, 0.1) is 0 Å². The molecule has 0 spiro atoms. The molecule has 8 nitrogen and oxygen atoms in total. The van der Waals surface area contributed by atoms with Crippen molar-refractivity contribution in [3.05, 3.63) is 18.1 Å². The van der Waals surface area contributed by atoms with E-state index in [4.69, 9.17) is 24.7 Å². The molecule has 1 aromatic heterocycles. The minimum Gasteiger partial charge on any atom is -0.379 e. The third-order valence-corrected chi connectivity index (χ3v) is 3.81. The van der Waals surface area contributed by atoms with Gasteiger partial charge >= 0.3 is 5.92 Å². The van der Waals surface area contributed by atoms with Gasteiger partial charge in [0.1, 0.15) is 18.1 Å². The van der Waals surface area contributed by atoms with Crippen LogP contribution in [0.25, 0.3) is 0 Å². The molecule has 0 aliphatic carbocycles. The Morgan fingerprint density at radius 1 is 1.15 bits per heavy atom. The lowest BCUT2D eigenvalue weighted by Gasteiger charge is -2.24. The number of hydrogen-bond donors (Lipinski definition) is 2. The molecule has 27 heavy (non-hydrogen) atoms. The van der Waals surface area contributed by atoms with Crippen molar-refractivity contribution in [3.8, 4) is 0 Å². The van der Waals surface area contributed by atoms with Crippen LogP contribution in [0.5, 0.6) is 0 Å². The van der Waals surface area contributed by atoms with Crippen molar-refractivity contribution in [2.24, 2.45) is 5.73 Å². The molecule has 2 rings (SSSR count). The third-order valence-electron chi connectivity index (χ3n) is 3.81. The molecule has 2 heterocycles. The molecule has 0 saturated carbocycles.